The molecule has 5 heteroatoms. The van der Waals surface area contributed by atoms with Gasteiger partial charge in [-0.3, -0.25) is 0 Å². The Kier molecular flexibility index (Phi) is 5.47. The van der Waals surface area contributed by atoms with Gasteiger partial charge in [0.05, 0.1) is 6.61 Å². The summed E-state index contributed by atoms with van der Waals surface area (Å²) in [6.45, 7) is 3.30. The fourth-order valence-corrected chi connectivity index (χ4v) is 3.82. The van der Waals surface area contributed by atoms with Crippen LogP contribution < -0.4 is 0 Å². The Bertz CT molecular complexity index is 440. The molecule has 122 valence electrons. The molecule has 2 aliphatic rings. The van der Waals surface area contributed by atoms with E-state index in [0.717, 1.165) is 31.2 Å². The molecule has 0 aromatic carbocycles. The first-order valence-corrected chi connectivity index (χ1v) is 7.96. The molecule has 0 heterocycles. The molecule has 0 saturated heterocycles. The van der Waals surface area contributed by atoms with E-state index < -0.39 is 12.8 Å². The van der Waals surface area contributed by atoms with Crippen LogP contribution in [0, 0.1) is 23.2 Å². The van der Waals surface area contributed by atoms with Gasteiger partial charge >= 0.3 is 6.18 Å². The predicted octanol–water partition coefficient (Wildman–Crippen LogP) is 4.64. The van der Waals surface area contributed by atoms with Crippen molar-refractivity contribution in [2.45, 2.75) is 45.7 Å². The lowest BCUT2D eigenvalue weighted by Gasteiger charge is -2.52. The summed E-state index contributed by atoms with van der Waals surface area (Å²) in [6.07, 6.45) is 6.03. The Morgan fingerprint density at radius 2 is 2.05 bits per heavy atom. The molecule has 22 heavy (non-hydrogen) atoms. The molecular weight excluding hydrogens is 288 g/mol. The molecule has 2 aliphatic carbocycles. The Balaban J connectivity index is 1.77. The van der Waals surface area contributed by atoms with Crippen molar-refractivity contribution in [2.24, 2.45) is 23.2 Å². The lowest BCUT2D eigenvalue weighted by molar-refractivity contribution is -0.188. The van der Waals surface area contributed by atoms with Crippen molar-refractivity contribution >= 4 is 7.85 Å². The van der Waals surface area contributed by atoms with Crippen molar-refractivity contribution in [3.63, 3.8) is 0 Å². The number of rotatable bonds is 6. The minimum Gasteiger partial charge on any atom is -0.372 e. The normalized spacial score (nSPS) is 30.8. The number of hydrogen-bond acceptors (Lipinski definition) is 1. The summed E-state index contributed by atoms with van der Waals surface area (Å²) in [5.41, 5.74) is 0.896. The molecule has 0 spiro atoms. The quantitative estimate of drug-likeness (QED) is 0.649. The second-order valence-electron chi connectivity index (χ2n) is 7.33. The van der Waals surface area contributed by atoms with Gasteiger partial charge in [0, 0.05) is 0 Å². The zero-order chi connectivity index (χ0) is 16.4. The minimum atomic E-state index is -4.24. The van der Waals surface area contributed by atoms with Gasteiger partial charge in [0.1, 0.15) is 14.5 Å². The third-order valence-electron chi connectivity index (χ3n) is 5.01. The summed E-state index contributed by atoms with van der Waals surface area (Å²) < 4.78 is 41.5. The Morgan fingerprint density at radius 3 is 2.64 bits per heavy atom. The molecule has 0 aromatic heterocycles. The summed E-state index contributed by atoms with van der Waals surface area (Å²) in [6, 6.07) is 0. The first-order chi connectivity index (χ1) is 10.2. The Labute approximate surface area is 132 Å². The van der Waals surface area contributed by atoms with Crippen LogP contribution in [0.25, 0.3) is 0 Å². The summed E-state index contributed by atoms with van der Waals surface area (Å²) in [5, 5.41) is 0. The van der Waals surface area contributed by atoms with Crippen LogP contribution in [0.1, 0.15) is 39.5 Å². The molecule has 1 fully saturated rings. The molecule has 0 bridgehead atoms. The predicted molar refractivity (Wildman–Crippen MR) is 82.6 cm³/mol. The standard InChI is InChI=1S/C17H24BF3O/c1-16(2)9-13(15(16)10-22-11-17(19,20)21)7-6-12-4-3-5-14(18)8-12/h3,5,8,12-13,15H,4,6-7,9-11H2,1-2H3/t12?,13-,15?/m1/s1. The lowest BCUT2D eigenvalue weighted by Crippen LogP contribution is -2.47. The van der Waals surface area contributed by atoms with E-state index in [2.05, 4.69) is 26.0 Å². The maximum absolute atomic E-state index is 12.2. The van der Waals surface area contributed by atoms with Gasteiger partial charge in [-0.1, -0.05) is 32.1 Å². The summed E-state index contributed by atoms with van der Waals surface area (Å²) in [5.74, 6) is 1.14. The first-order valence-electron chi connectivity index (χ1n) is 7.96. The number of ether oxygens (including phenoxy) is 1. The van der Waals surface area contributed by atoms with E-state index in [1.54, 1.807) is 0 Å². The average Bonchev–Trinajstić information content (AvgIpc) is 2.38. The van der Waals surface area contributed by atoms with E-state index in [1.165, 1.54) is 0 Å². The van der Waals surface area contributed by atoms with Crippen LogP contribution in [0.15, 0.2) is 23.7 Å². The largest absolute Gasteiger partial charge is 0.411 e. The van der Waals surface area contributed by atoms with Crippen molar-refractivity contribution in [1.82, 2.24) is 0 Å². The van der Waals surface area contributed by atoms with Crippen LogP contribution in [0.5, 0.6) is 0 Å². The Hall–Kier alpha value is -0.705. The van der Waals surface area contributed by atoms with Crippen LogP contribution in [0.2, 0.25) is 0 Å². The van der Waals surface area contributed by atoms with Gasteiger partial charge in [-0.2, -0.15) is 13.2 Å². The van der Waals surface area contributed by atoms with Crippen molar-refractivity contribution in [3.8, 4) is 0 Å². The lowest BCUT2D eigenvalue weighted by atomic mass is 9.54. The topological polar surface area (TPSA) is 9.23 Å². The first kappa shape index (κ1) is 17.6. The van der Waals surface area contributed by atoms with E-state index in [9.17, 15) is 13.2 Å². The molecule has 1 saturated carbocycles. The molecule has 2 radical (unpaired) electrons. The molecular formula is C17H24BF3O. The van der Waals surface area contributed by atoms with Crippen molar-refractivity contribution in [1.29, 1.82) is 0 Å². The molecule has 0 aliphatic heterocycles. The Morgan fingerprint density at radius 1 is 1.32 bits per heavy atom. The zero-order valence-corrected chi connectivity index (χ0v) is 13.3. The number of halogens is 3. The minimum absolute atomic E-state index is 0.0810. The van der Waals surface area contributed by atoms with Crippen molar-refractivity contribution in [2.75, 3.05) is 13.2 Å². The molecule has 0 aromatic rings. The average molecular weight is 312 g/mol. The molecule has 0 amide bonds. The maximum Gasteiger partial charge on any atom is 0.411 e. The summed E-state index contributed by atoms with van der Waals surface area (Å²) in [4.78, 5) is 0. The summed E-state index contributed by atoms with van der Waals surface area (Å²) in [7, 11) is 5.80. The molecule has 2 rings (SSSR count). The van der Waals surface area contributed by atoms with E-state index in [-0.39, 0.29) is 17.9 Å². The van der Waals surface area contributed by atoms with Crippen molar-refractivity contribution in [3.05, 3.63) is 23.7 Å². The second kappa shape index (κ2) is 6.82. The highest BCUT2D eigenvalue weighted by Gasteiger charge is 2.47. The van der Waals surface area contributed by atoms with E-state index in [0.29, 0.717) is 11.8 Å². The number of hydrogen-bond donors (Lipinski definition) is 0. The SMILES string of the molecule is [B]C1=CC(CC[C@@H]2CC(C)(C)C2COCC(F)(F)F)CC=C1. The van der Waals surface area contributed by atoms with Gasteiger partial charge in [-0.15, -0.1) is 5.47 Å². The molecule has 2 unspecified atom stereocenters. The van der Waals surface area contributed by atoms with Crippen LogP contribution in [0.4, 0.5) is 13.2 Å². The van der Waals surface area contributed by atoms with Gasteiger partial charge < -0.3 is 4.74 Å². The van der Waals surface area contributed by atoms with E-state index in [4.69, 9.17) is 12.6 Å². The fraction of sp³-hybridized carbons (Fsp3) is 0.765. The van der Waals surface area contributed by atoms with Crippen molar-refractivity contribution < 1.29 is 17.9 Å². The third kappa shape index (κ3) is 4.90. The van der Waals surface area contributed by atoms with Gasteiger partial charge in [0.2, 0.25) is 0 Å². The van der Waals surface area contributed by atoms with E-state index in [1.807, 2.05) is 6.08 Å². The van der Waals surface area contributed by atoms with Crippen LogP contribution >= 0.6 is 0 Å². The van der Waals surface area contributed by atoms with Gasteiger partial charge in [0.15, 0.2) is 0 Å². The monoisotopic (exact) mass is 312 g/mol. The highest BCUT2D eigenvalue weighted by molar-refractivity contribution is 6.23. The van der Waals surface area contributed by atoms with Crippen LogP contribution in [-0.2, 0) is 4.74 Å². The highest BCUT2D eigenvalue weighted by Crippen LogP contribution is 2.53. The number of alkyl halides is 3. The molecule has 1 nitrogen and oxygen atoms in total. The van der Waals surface area contributed by atoms with Gasteiger partial charge in [-0.05, 0) is 48.9 Å². The molecule has 0 N–H and O–H groups in total. The maximum atomic E-state index is 12.2. The molecule has 3 atom stereocenters. The van der Waals surface area contributed by atoms with Crippen LogP contribution in [-0.4, -0.2) is 27.2 Å². The van der Waals surface area contributed by atoms with Gasteiger partial charge in [-0.25, -0.2) is 0 Å². The van der Waals surface area contributed by atoms with Gasteiger partial charge in [0.25, 0.3) is 0 Å². The fourth-order valence-electron chi connectivity index (χ4n) is 3.82. The van der Waals surface area contributed by atoms with Crippen LogP contribution in [0.3, 0.4) is 0 Å². The smallest absolute Gasteiger partial charge is 0.372 e. The highest BCUT2D eigenvalue weighted by atomic mass is 19.4. The zero-order valence-electron chi connectivity index (χ0n) is 13.3. The third-order valence-corrected chi connectivity index (χ3v) is 5.01. The summed E-state index contributed by atoms with van der Waals surface area (Å²) >= 11 is 0. The number of allylic oxidation sites excluding steroid dienone is 4. The second-order valence-corrected chi connectivity index (χ2v) is 7.33. The van der Waals surface area contributed by atoms with E-state index >= 15 is 0 Å².